The zero-order chi connectivity index (χ0) is 12.7. The van der Waals surface area contributed by atoms with Gasteiger partial charge in [-0.3, -0.25) is 0 Å². The number of ether oxygens (including phenoxy) is 1. The molecule has 2 N–H and O–H groups in total. The molecule has 1 aromatic heterocycles. The van der Waals surface area contributed by atoms with Gasteiger partial charge >= 0.3 is 0 Å². The number of rotatable bonds is 8. The first-order valence-electron chi connectivity index (χ1n) is 5.37. The van der Waals surface area contributed by atoms with Crippen LogP contribution in [0.4, 0.5) is 0 Å². The van der Waals surface area contributed by atoms with Crippen LogP contribution in [0.15, 0.2) is 21.6 Å². The maximum atomic E-state index is 11.7. The molecular formula is C10H17NO5S. The quantitative estimate of drug-likeness (QED) is 0.666. The Hall–Kier alpha value is -0.890. The second-order valence-electron chi connectivity index (χ2n) is 3.33. The second kappa shape index (κ2) is 6.75. The fourth-order valence-corrected chi connectivity index (χ4v) is 2.20. The van der Waals surface area contributed by atoms with Crippen LogP contribution in [0.25, 0.3) is 0 Å². The fraction of sp³-hybridized carbons (Fsp3) is 0.600. The Morgan fingerprint density at radius 2 is 2.24 bits per heavy atom. The molecule has 7 heteroatoms. The largest absolute Gasteiger partial charge is 0.446 e. The molecule has 98 valence electrons. The Balaban J connectivity index is 2.45. The molecule has 0 fully saturated rings. The van der Waals surface area contributed by atoms with Gasteiger partial charge in [-0.2, -0.15) is 0 Å². The predicted molar refractivity (Wildman–Crippen MR) is 60.9 cm³/mol. The third kappa shape index (κ3) is 4.47. The first-order chi connectivity index (χ1) is 8.10. The first kappa shape index (κ1) is 14.2. The first-order valence-corrected chi connectivity index (χ1v) is 6.85. The molecule has 0 atom stereocenters. The van der Waals surface area contributed by atoms with Crippen molar-refractivity contribution in [2.75, 3.05) is 19.8 Å². The Kier molecular flexibility index (Phi) is 5.63. The van der Waals surface area contributed by atoms with Crippen LogP contribution in [0, 0.1) is 0 Å². The standard InChI is InChI=1S/C10H17NO5S/c1-2-15-7-3-6-11-17(13,14)10-5-4-9(8-12)16-10/h4-5,11-12H,2-3,6-8H2,1H3. The van der Waals surface area contributed by atoms with Gasteiger partial charge in [0, 0.05) is 19.8 Å². The number of hydrogen-bond acceptors (Lipinski definition) is 5. The minimum Gasteiger partial charge on any atom is -0.446 e. The number of aliphatic hydroxyl groups is 1. The van der Waals surface area contributed by atoms with E-state index in [9.17, 15) is 8.42 Å². The summed E-state index contributed by atoms with van der Waals surface area (Å²) in [6.45, 7) is 2.98. The van der Waals surface area contributed by atoms with Gasteiger partial charge in [-0.1, -0.05) is 0 Å². The molecule has 0 spiro atoms. The highest BCUT2D eigenvalue weighted by molar-refractivity contribution is 7.89. The maximum absolute atomic E-state index is 11.7. The molecule has 1 rings (SSSR count). The van der Waals surface area contributed by atoms with Crippen molar-refractivity contribution < 1.29 is 22.7 Å². The van der Waals surface area contributed by atoms with Gasteiger partial charge < -0.3 is 14.3 Å². The van der Waals surface area contributed by atoms with E-state index in [0.29, 0.717) is 19.6 Å². The van der Waals surface area contributed by atoms with E-state index in [2.05, 4.69) is 4.72 Å². The zero-order valence-electron chi connectivity index (χ0n) is 9.68. The van der Waals surface area contributed by atoms with Crippen molar-refractivity contribution in [2.24, 2.45) is 0 Å². The number of nitrogens with one attached hydrogen (secondary N) is 1. The van der Waals surface area contributed by atoms with Crippen molar-refractivity contribution in [2.45, 2.75) is 25.0 Å². The molecule has 0 unspecified atom stereocenters. The molecule has 0 bridgehead atoms. The second-order valence-corrected chi connectivity index (χ2v) is 5.03. The van der Waals surface area contributed by atoms with Crippen LogP contribution in [0.3, 0.4) is 0 Å². The van der Waals surface area contributed by atoms with E-state index in [1.165, 1.54) is 12.1 Å². The van der Waals surface area contributed by atoms with Crippen molar-refractivity contribution >= 4 is 10.0 Å². The summed E-state index contributed by atoms with van der Waals surface area (Å²) in [6, 6.07) is 2.74. The highest BCUT2D eigenvalue weighted by Crippen LogP contribution is 2.13. The van der Waals surface area contributed by atoms with E-state index in [4.69, 9.17) is 14.3 Å². The molecule has 0 aromatic carbocycles. The molecule has 17 heavy (non-hydrogen) atoms. The fourth-order valence-electron chi connectivity index (χ4n) is 1.18. The average molecular weight is 263 g/mol. The molecule has 1 heterocycles. The van der Waals surface area contributed by atoms with Gasteiger partial charge in [-0.25, -0.2) is 13.1 Å². The van der Waals surface area contributed by atoms with E-state index in [1.54, 1.807) is 0 Å². The highest BCUT2D eigenvalue weighted by Gasteiger charge is 2.17. The molecule has 0 amide bonds. The Bertz CT molecular complexity index is 426. The van der Waals surface area contributed by atoms with Crippen molar-refractivity contribution in [3.63, 3.8) is 0 Å². The van der Waals surface area contributed by atoms with Gasteiger partial charge in [0.25, 0.3) is 10.0 Å². The van der Waals surface area contributed by atoms with Gasteiger partial charge in [0.15, 0.2) is 0 Å². The number of hydrogen-bond donors (Lipinski definition) is 2. The summed E-state index contributed by atoms with van der Waals surface area (Å²) in [6.07, 6.45) is 0.598. The SMILES string of the molecule is CCOCCCNS(=O)(=O)c1ccc(CO)o1. The lowest BCUT2D eigenvalue weighted by molar-refractivity contribution is 0.146. The number of furan rings is 1. The molecule has 1 aromatic rings. The maximum Gasteiger partial charge on any atom is 0.273 e. The van der Waals surface area contributed by atoms with Crippen molar-refractivity contribution in [1.29, 1.82) is 0 Å². The van der Waals surface area contributed by atoms with E-state index >= 15 is 0 Å². The van der Waals surface area contributed by atoms with Crippen LogP contribution in [0.2, 0.25) is 0 Å². The summed E-state index contributed by atoms with van der Waals surface area (Å²) in [5.41, 5.74) is 0. The van der Waals surface area contributed by atoms with Crippen LogP contribution < -0.4 is 4.72 Å². The molecule has 0 saturated carbocycles. The molecule has 0 aliphatic heterocycles. The minimum absolute atomic E-state index is 0.182. The zero-order valence-corrected chi connectivity index (χ0v) is 10.5. The molecule has 0 radical (unpaired) electrons. The molecule has 0 saturated heterocycles. The van der Waals surface area contributed by atoms with Gasteiger partial charge in [-0.05, 0) is 25.5 Å². The van der Waals surface area contributed by atoms with Gasteiger partial charge in [0.2, 0.25) is 5.09 Å². The number of aliphatic hydroxyl groups excluding tert-OH is 1. The Morgan fingerprint density at radius 3 is 2.82 bits per heavy atom. The monoisotopic (exact) mass is 263 g/mol. The lowest BCUT2D eigenvalue weighted by Gasteiger charge is -2.04. The van der Waals surface area contributed by atoms with E-state index in [-0.39, 0.29) is 24.0 Å². The summed E-state index contributed by atoms with van der Waals surface area (Å²) in [5.74, 6) is 0.222. The van der Waals surface area contributed by atoms with Crippen LogP contribution in [-0.2, 0) is 21.4 Å². The Labute approximate surface area is 101 Å². The third-order valence-corrected chi connectivity index (χ3v) is 3.35. The molecular weight excluding hydrogens is 246 g/mol. The summed E-state index contributed by atoms with van der Waals surface area (Å²) < 4.78 is 35.8. The topological polar surface area (TPSA) is 88.8 Å². The van der Waals surface area contributed by atoms with Crippen molar-refractivity contribution in [3.8, 4) is 0 Å². The summed E-state index contributed by atoms with van der Waals surface area (Å²) in [5, 5.41) is 8.58. The minimum atomic E-state index is -3.62. The molecule has 6 nitrogen and oxygen atoms in total. The lowest BCUT2D eigenvalue weighted by atomic mass is 10.5. The summed E-state index contributed by atoms with van der Waals surface area (Å²) in [7, 11) is -3.62. The van der Waals surface area contributed by atoms with Gasteiger partial charge in [0.1, 0.15) is 12.4 Å². The third-order valence-electron chi connectivity index (χ3n) is 2.02. The van der Waals surface area contributed by atoms with E-state index in [1.807, 2.05) is 6.92 Å². The van der Waals surface area contributed by atoms with Gasteiger partial charge in [0.05, 0.1) is 0 Å². The van der Waals surface area contributed by atoms with Crippen molar-refractivity contribution in [1.82, 2.24) is 4.72 Å². The average Bonchev–Trinajstić information content (AvgIpc) is 2.78. The number of sulfonamides is 1. The van der Waals surface area contributed by atoms with Gasteiger partial charge in [-0.15, -0.1) is 0 Å². The normalized spacial score (nSPS) is 11.9. The van der Waals surface area contributed by atoms with Crippen LogP contribution in [0.5, 0.6) is 0 Å². The lowest BCUT2D eigenvalue weighted by Crippen LogP contribution is -2.25. The summed E-state index contributed by atoms with van der Waals surface area (Å²) >= 11 is 0. The highest BCUT2D eigenvalue weighted by atomic mass is 32.2. The van der Waals surface area contributed by atoms with Crippen LogP contribution >= 0.6 is 0 Å². The summed E-state index contributed by atoms with van der Waals surface area (Å²) in [4.78, 5) is 0. The smallest absolute Gasteiger partial charge is 0.273 e. The molecule has 0 aliphatic rings. The van der Waals surface area contributed by atoms with Crippen molar-refractivity contribution in [3.05, 3.63) is 17.9 Å². The Morgan fingerprint density at radius 1 is 1.47 bits per heavy atom. The van der Waals surface area contributed by atoms with Crippen LogP contribution in [-0.4, -0.2) is 33.3 Å². The van der Waals surface area contributed by atoms with Crippen LogP contribution in [0.1, 0.15) is 19.1 Å². The van der Waals surface area contributed by atoms with E-state index < -0.39 is 10.0 Å². The predicted octanol–water partition coefficient (Wildman–Crippen LogP) is 0.477. The molecule has 0 aliphatic carbocycles. The van der Waals surface area contributed by atoms with E-state index in [0.717, 1.165) is 0 Å².